The van der Waals surface area contributed by atoms with E-state index in [1.54, 1.807) is 24.3 Å². The molecule has 3 rings (SSSR count). The fourth-order valence-corrected chi connectivity index (χ4v) is 2.65. The maximum atomic E-state index is 12.2. The van der Waals surface area contributed by atoms with Gasteiger partial charge in [-0.25, -0.2) is 0 Å². The van der Waals surface area contributed by atoms with Gasteiger partial charge in [-0.05, 0) is 42.3 Å². The number of primary amides is 1. The Kier molecular flexibility index (Phi) is 5.09. The van der Waals surface area contributed by atoms with Crippen molar-refractivity contribution in [1.82, 2.24) is 0 Å². The van der Waals surface area contributed by atoms with Crippen LogP contribution in [0.2, 0.25) is 0 Å². The van der Waals surface area contributed by atoms with Gasteiger partial charge < -0.3 is 16.0 Å². The lowest BCUT2D eigenvalue weighted by molar-refractivity contribution is -0.112. The minimum Gasteiger partial charge on any atom is -0.366 e. The average Bonchev–Trinajstić information content (AvgIpc) is 2.63. The first kappa shape index (κ1) is 16.7. The quantitative estimate of drug-likeness (QED) is 0.878. The number of nitrogens with zero attached hydrogens (tertiary/aromatic N) is 2. The summed E-state index contributed by atoms with van der Waals surface area (Å²) in [7, 11) is 0. The number of hydrogen-bond donors (Lipinski definition) is 2. The molecule has 0 bridgehead atoms. The van der Waals surface area contributed by atoms with E-state index < -0.39 is 5.91 Å². The molecule has 2 aromatic rings. The number of hydrogen-bond acceptors (Lipinski definition) is 4. The van der Waals surface area contributed by atoms with Crippen molar-refractivity contribution in [1.29, 1.82) is 0 Å². The molecule has 0 atom stereocenters. The molecule has 0 aliphatic carbocycles. The molecule has 0 unspecified atom stereocenters. The van der Waals surface area contributed by atoms with E-state index in [-0.39, 0.29) is 5.91 Å². The summed E-state index contributed by atoms with van der Waals surface area (Å²) in [5.74, 6) is -0.881. The Labute approximate surface area is 146 Å². The van der Waals surface area contributed by atoms with Crippen LogP contribution in [0.25, 0.3) is 0 Å². The summed E-state index contributed by atoms with van der Waals surface area (Å²) in [6.45, 7) is 1.81. The summed E-state index contributed by atoms with van der Waals surface area (Å²) in [6.07, 6.45) is 4.24. The van der Waals surface area contributed by atoms with Gasteiger partial charge >= 0.3 is 0 Å². The zero-order valence-electron chi connectivity index (χ0n) is 13.7. The molecule has 0 fully saturated rings. The van der Waals surface area contributed by atoms with Gasteiger partial charge in [0.05, 0.1) is 12.8 Å². The molecule has 2 amide bonds. The Morgan fingerprint density at radius 1 is 1.12 bits per heavy atom. The second-order valence-corrected chi connectivity index (χ2v) is 5.70. The van der Waals surface area contributed by atoms with Gasteiger partial charge in [-0.3, -0.25) is 14.6 Å². The minimum absolute atomic E-state index is 0.317. The summed E-state index contributed by atoms with van der Waals surface area (Å²) < 4.78 is 0. The van der Waals surface area contributed by atoms with Gasteiger partial charge in [0.2, 0.25) is 11.8 Å². The fraction of sp³-hybridized carbons (Fsp3) is 0.158. The molecule has 0 aromatic heterocycles. The van der Waals surface area contributed by atoms with Crippen molar-refractivity contribution < 1.29 is 9.59 Å². The molecule has 6 heteroatoms. The molecule has 1 aliphatic rings. The predicted octanol–water partition coefficient (Wildman–Crippen LogP) is 2.21. The topological polar surface area (TPSA) is 87.8 Å². The van der Waals surface area contributed by atoms with Crippen LogP contribution in [0.5, 0.6) is 0 Å². The number of rotatable bonds is 5. The second-order valence-electron chi connectivity index (χ2n) is 5.70. The van der Waals surface area contributed by atoms with Gasteiger partial charge in [0.25, 0.3) is 0 Å². The minimum atomic E-state index is -0.563. The third-order valence-electron chi connectivity index (χ3n) is 3.89. The number of anilines is 2. The monoisotopic (exact) mass is 335 g/mol. The van der Waals surface area contributed by atoms with Crippen LogP contribution < -0.4 is 16.0 Å². The number of carbonyl (C=O) groups is 2. The largest absolute Gasteiger partial charge is 0.366 e. The third kappa shape index (κ3) is 4.23. The van der Waals surface area contributed by atoms with Crippen LogP contribution in [-0.2, 0) is 4.79 Å². The van der Waals surface area contributed by atoms with Crippen molar-refractivity contribution >= 4 is 29.5 Å². The van der Waals surface area contributed by atoms with Crippen molar-refractivity contribution in [2.24, 2.45) is 10.7 Å². The fourth-order valence-electron chi connectivity index (χ4n) is 2.65. The molecule has 1 radical (unpaired) electrons. The lowest BCUT2D eigenvalue weighted by atomic mass is 10.0. The van der Waals surface area contributed by atoms with Gasteiger partial charge in [0, 0.05) is 30.0 Å². The van der Waals surface area contributed by atoms with Crippen LogP contribution in [0.15, 0.2) is 53.5 Å². The lowest BCUT2D eigenvalue weighted by Crippen LogP contribution is -2.26. The van der Waals surface area contributed by atoms with Gasteiger partial charge in [-0.2, -0.15) is 0 Å². The van der Waals surface area contributed by atoms with Crippen LogP contribution in [0.3, 0.4) is 0 Å². The van der Waals surface area contributed by atoms with Crippen LogP contribution >= 0.6 is 0 Å². The molecule has 0 saturated carbocycles. The molecule has 1 aliphatic heterocycles. The molecule has 25 heavy (non-hydrogen) atoms. The highest BCUT2D eigenvalue weighted by Crippen LogP contribution is 2.19. The highest BCUT2D eigenvalue weighted by molar-refractivity contribution is 6.03. The molecular weight excluding hydrogens is 316 g/mol. The Balaban J connectivity index is 1.64. The maximum Gasteiger partial charge on any atom is 0.249 e. The number of nitrogens with two attached hydrogens (primary N) is 1. The Bertz CT molecular complexity index is 799. The summed E-state index contributed by atoms with van der Waals surface area (Å²) in [5.41, 5.74) is 7.84. The van der Waals surface area contributed by atoms with Crippen LogP contribution in [0.1, 0.15) is 22.3 Å². The summed E-state index contributed by atoms with van der Waals surface area (Å²) in [4.78, 5) is 29.9. The highest BCUT2D eigenvalue weighted by Gasteiger charge is 2.12. The molecule has 0 spiro atoms. The molecule has 2 aromatic carbocycles. The summed E-state index contributed by atoms with van der Waals surface area (Å²) in [5, 5.41) is 2.79. The first-order valence-electron chi connectivity index (χ1n) is 8.05. The van der Waals surface area contributed by atoms with Gasteiger partial charge in [-0.1, -0.05) is 18.2 Å². The molecule has 6 nitrogen and oxygen atoms in total. The van der Waals surface area contributed by atoms with Crippen LogP contribution in [0, 0.1) is 6.42 Å². The van der Waals surface area contributed by atoms with Crippen molar-refractivity contribution in [2.45, 2.75) is 6.42 Å². The predicted molar refractivity (Wildman–Crippen MR) is 98.8 cm³/mol. The van der Waals surface area contributed by atoms with E-state index in [9.17, 15) is 9.59 Å². The van der Waals surface area contributed by atoms with Crippen molar-refractivity contribution in [3.8, 4) is 0 Å². The first-order chi connectivity index (χ1) is 12.1. The van der Waals surface area contributed by atoms with Crippen LogP contribution in [0.4, 0.5) is 11.4 Å². The van der Waals surface area contributed by atoms with E-state index in [2.05, 4.69) is 15.2 Å². The maximum absolute atomic E-state index is 12.2. The molecule has 0 saturated heterocycles. The van der Waals surface area contributed by atoms with Gasteiger partial charge in [0.15, 0.2) is 0 Å². The summed E-state index contributed by atoms with van der Waals surface area (Å²) in [6, 6.07) is 14.3. The van der Waals surface area contributed by atoms with Crippen LogP contribution in [-0.4, -0.2) is 31.2 Å². The Morgan fingerprint density at radius 3 is 2.56 bits per heavy atom. The molecule has 3 N–H and O–H groups in total. The number of amides is 2. The van der Waals surface area contributed by atoms with E-state index in [0.717, 1.165) is 25.2 Å². The lowest BCUT2D eigenvalue weighted by Gasteiger charge is -2.22. The van der Waals surface area contributed by atoms with E-state index in [1.165, 1.54) is 6.42 Å². The van der Waals surface area contributed by atoms with E-state index in [1.807, 2.05) is 30.6 Å². The summed E-state index contributed by atoms with van der Waals surface area (Å²) >= 11 is 0. The molecule has 1 heterocycles. The van der Waals surface area contributed by atoms with Crippen molar-refractivity contribution in [2.75, 3.05) is 23.3 Å². The zero-order chi connectivity index (χ0) is 17.6. The molecule has 127 valence electrons. The van der Waals surface area contributed by atoms with Gasteiger partial charge in [-0.15, -0.1) is 0 Å². The highest BCUT2D eigenvalue weighted by atomic mass is 16.2. The van der Waals surface area contributed by atoms with Crippen molar-refractivity contribution in [3.63, 3.8) is 0 Å². The Hall–Kier alpha value is -3.15. The number of aliphatic imine (C=N–C) groups is 1. The Morgan fingerprint density at radius 2 is 1.88 bits per heavy atom. The molecular formula is C19H19N4O2. The van der Waals surface area contributed by atoms with E-state index in [4.69, 9.17) is 5.73 Å². The van der Waals surface area contributed by atoms with E-state index in [0.29, 0.717) is 16.8 Å². The zero-order valence-corrected chi connectivity index (χ0v) is 13.7. The number of carbonyl (C=O) groups excluding carboxylic acids is 2. The average molecular weight is 335 g/mol. The van der Waals surface area contributed by atoms with E-state index >= 15 is 0 Å². The van der Waals surface area contributed by atoms with Gasteiger partial charge in [0.1, 0.15) is 0 Å². The normalized spacial score (nSPS) is 13.5. The standard InChI is InChI=1S/C19H19N4O2/c20-19(25)17-5-2-1-4-14(17)12-18(24)22-15-6-8-16(9-7-15)23-11-3-10-21-13-23/h1-2,4-9,12-13H,3,10-11H2,(H2,20,25)(H,22,24). The second kappa shape index (κ2) is 7.61. The smallest absolute Gasteiger partial charge is 0.249 e. The third-order valence-corrected chi connectivity index (χ3v) is 3.89. The van der Waals surface area contributed by atoms with Crippen molar-refractivity contribution in [3.05, 3.63) is 66.1 Å². The number of benzene rings is 2. The SMILES string of the molecule is NC(=O)c1ccccc1[CH]C(=O)Nc1ccc(N2C=NCCC2)cc1. The number of nitrogens with one attached hydrogen (secondary N) is 1. The first-order valence-corrected chi connectivity index (χ1v) is 8.05.